The van der Waals surface area contributed by atoms with Gasteiger partial charge in [0.2, 0.25) is 0 Å². The lowest BCUT2D eigenvalue weighted by molar-refractivity contribution is -0.149. The van der Waals surface area contributed by atoms with Crippen LogP contribution in [0.4, 0.5) is 0 Å². The summed E-state index contributed by atoms with van der Waals surface area (Å²) in [5.74, 6) is -0.208. The van der Waals surface area contributed by atoms with Gasteiger partial charge in [0.15, 0.2) is 0 Å². The van der Waals surface area contributed by atoms with Gasteiger partial charge in [-0.3, -0.25) is 4.79 Å². The van der Waals surface area contributed by atoms with Crippen LogP contribution in [0.25, 0.3) is 10.8 Å². The molecule has 0 radical (unpaired) electrons. The van der Waals surface area contributed by atoms with Gasteiger partial charge in [-0.05, 0) is 43.1 Å². The SMILES string of the molecule is CCOC(=O)C(C)(CCN)c1ccc2ccccc2c1. The average Bonchev–Trinajstić information content (AvgIpc) is 2.47. The first-order valence-corrected chi connectivity index (χ1v) is 6.98. The number of benzene rings is 2. The first-order valence-electron chi connectivity index (χ1n) is 6.98. The van der Waals surface area contributed by atoms with E-state index in [-0.39, 0.29) is 5.97 Å². The van der Waals surface area contributed by atoms with Crippen molar-refractivity contribution in [3.05, 3.63) is 48.0 Å². The number of hydrogen-bond acceptors (Lipinski definition) is 3. The molecule has 2 N–H and O–H groups in total. The second-order valence-electron chi connectivity index (χ2n) is 5.15. The van der Waals surface area contributed by atoms with Crippen molar-refractivity contribution in [3.8, 4) is 0 Å². The van der Waals surface area contributed by atoms with Crippen LogP contribution in [0.3, 0.4) is 0 Å². The fourth-order valence-corrected chi connectivity index (χ4v) is 2.48. The summed E-state index contributed by atoms with van der Waals surface area (Å²) >= 11 is 0. The van der Waals surface area contributed by atoms with Gasteiger partial charge in [-0.2, -0.15) is 0 Å². The molecule has 0 heterocycles. The third kappa shape index (κ3) is 2.68. The summed E-state index contributed by atoms with van der Waals surface area (Å²) in [4.78, 5) is 12.3. The maximum atomic E-state index is 12.3. The fourth-order valence-electron chi connectivity index (χ4n) is 2.48. The molecule has 0 bridgehead atoms. The molecular formula is C17H21NO2. The van der Waals surface area contributed by atoms with E-state index in [0.717, 1.165) is 16.3 Å². The van der Waals surface area contributed by atoms with Crippen molar-refractivity contribution in [3.63, 3.8) is 0 Å². The van der Waals surface area contributed by atoms with E-state index in [1.807, 2.05) is 44.2 Å². The number of nitrogens with two attached hydrogens (primary N) is 1. The highest BCUT2D eigenvalue weighted by molar-refractivity contribution is 5.87. The summed E-state index contributed by atoms with van der Waals surface area (Å²) in [7, 11) is 0. The third-order valence-corrected chi connectivity index (χ3v) is 3.76. The highest BCUT2D eigenvalue weighted by atomic mass is 16.5. The Morgan fingerprint density at radius 2 is 1.90 bits per heavy atom. The van der Waals surface area contributed by atoms with Crippen molar-refractivity contribution in [1.82, 2.24) is 0 Å². The lowest BCUT2D eigenvalue weighted by Crippen LogP contribution is -2.36. The zero-order valence-electron chi connectivity index (χ0n) is 12.1. The van der Waals surface area contributed by atoms with Crippen LogP contribution in [-0.4, -0.2) is 19.1 Å². The zero-order chi connectivity index (χ0) is 14.6. The number of fused-ring (bicyclic) bond motifs is 1. The minimum absolute atomic E-state index is 0.208. The molecule has 0 aromatic heterocycles. The molecule has 0 aliphatic carbocycles. The molecule has 3 nitrogen and oxygen atoms in total. The van der Waals surface area contributed by atoms with Crippen molar-refractivity contribution in [2.45, 2.75) is 25.7 Å². The normalized spacial score (nSPS) is 13.9. The van der Waals surface area contributed by atoms with Gasteiger partial charge in [0.1, 0.15) is 0 Å². The lowest BCUT2D eigenvalue weighted by Gasteiger charge is -2.27. The number of carbonyl (C=O) groups excluding carboxylic acids is 1. The molecule has 1 atom stereocenters. The molecule has 0 aliphatic rings. The summed E-state index contributed by atoms with van der Waals surface area (Å²) in [5.41, 5.74) is 5.96. The van der Waals surface area contributed by atoms with Gasteiger partial charge < -0.3 is 10.5 Å². The van der Waals surface area contributed by atoms with E-state index in [1.54, 1.807) is 0 Å². The van der Waals surface area contributed by atoms with Crippen LogP contribution in [0.2, 0.25) is 0 Å². The Hall–Kier alpha value is -1.87. The summed E-state index contributed by atoms with van der Waals surface area (Å²) < 4.78 is 5.23. The van der Waals surface area contributed by atoms with Crippen molar-refractivity contribution in [2.24, 2.45) is 5.73 Å². The highest BCUT2D eigenvalue weighted by Crippen LogP contribution is 2.31. The maximum Gasteiger partial charge on any atom is 0.316 e. The minimum atomic E-state index is -0.686. The Balaban J connectivity index is 2.48. The third-order valence-electron chi connectivity index (χ3n) is 3.76. The molecule has 0 saturated carbocycles. The number of rotatable bonds is 5. The van der Waals surface area contributed by atoms with Crippen LogP contribution in [0.1, 0.15) is 25.8 Å². The van der Waals surface area contributed by atoms with E-state index in [2.05, 4.69) is 12.1 Å². The number of hydrogen-bond donors (Lipinski definition) is 1. The van der Waals surface area contributed by atoms with Gasteiger partial charge in [-0.15, -0.1) is 0 Å². The molecule has 106 valence electrons. The second kappa shape index (κ2) is 6.06. The Labute approximate surface area is 119 Å². The Kier molecular flexibility index (Phi) is 4.40. The lowest BCUT2D eigenvalue weighted by atomic mass is 9.79. The Morgan fingerprint density at radius 1 is 1.20 bits per heavy atom. The van der Waals surface area contributed by atoms with E-state index >= 15 is 0 Å². The van der Waals surface area contributed by atoms with Crippen LogP contribution in [0, 0.1) is 0 Å². The van der Waals surface area contributed by atoms with Crippen molar-refractivity contribution < 1.29 is 9.53 Å². The first-order chi connectivity index (χ1) is 9.61. The van der Waals surface area contributed by atoms with E-state index in [4.69, 9.17) is 10.5 Å². The molecular weight excluding hydrogens is 250 g/mol. The molecule has 2 aromatic rings. The van der Waals surface area contributed by atoms with Crippen LogP contribution in [-0.2, 0) is 14.9 Å². The van der Waals surface area contributed by atoms with Gasteiger partial charge in [-0.25, -0.2) is 0 Å². The maximum absolute atomic E-state index is 12.3. The highest BCUT2D eigenvalue weighted by Gasteiger charge is 2.36. The summed E-state index contributed by atoms with van der Waals surface area (Å²) in [6.45, 7) is 4.55. The predicted molar refractivity (Wildman–Crippen MR) is 81.6 cm³/mol. The molecule has 20 heavy (non-hydrogen) atoms. The number of ether oxygens (including phenoxy) is 1. The molecule has 0 aliphatic heterocycles. The molecule has 3 heteroatoms. The number of esters is 1. The Morgan fingerprint density at radius 3 is 2.55 bits per heavy atom. The molecule has 0 amide bonds. The van der Waals surface area contributed by atoms with E-state index in [1.165, 1.54) is 0 Å². The largest absolute Gasteiger partial charge is 0.465 e. The van der Waals surface area contributed by atoms with Crippen molar-refractivity contribution in [1.29, 1.82) is 0 Å². The predicted octanol–water partition coefficient (Wildman–Crippen LogP) is 3.01. The smallest absolute Gasteiger partial charge is 0.316 e. The molecule has 0 spiro atoms. The van der Waals surface area contributed by atoms with E-state index in [0.29, 0.717) is 19.6 Å². The minimum Gasteiger partial charge on any atom is -0.465 e. The monoisotopic (exact) mass is 271 g/mol. The topological polar surface area (TPSA) is 52.3 Å². The van der Waals surface area contributed by atoms with Crippen molar-refractivity contribution in [2.75, 3.05) is 13.2 Å². The van der Waals surface area contributed by atoms with Gasteiger partial charge >= 0.3 is 5.97 Å². The second-order valence-corrected chi connectivity index (χ2v) is 5.15. The Bertz CT molecular complexity index is 609. The van der Waals surface area contributed by atoms with Crippen LogP contribution >= 0.6 is 0 Å². The zero-order valence-corrected chi connectivity index (χ0v) is 12.1. The van der Waals surface area contributed by atoms with Crippen LogP contribution < -0.4 is 5.73 Å². The van der Waals surface area contributed by atoms with Crippen LogP contribution in [0.15, 0.2) is 42.5 Å². The molecule has 0 fully saturated rings. The van der Waals surface area contributed by atoms with Crippen molar-refractivity contribution >= 4 is 16.7 Å². The number of carbonyl (C=O) groups is 1. The summed E-state index contributed by atoms with van der Waals surface area (Å²) in [6.07, 6.45) is 0.574. The van der Waals surface area contributed by atoms with Gasteiger partial charge in [-0.1, -0.05) is 42.5 Å². The van der Waals surface area contributed by atoms with Crippen LogP contribution in [0.5, 0.6) is 0 Å². The fraction of sp³-hybridized carbons (Fsp3) is 0.353. The standard InChI is InChI=1S/C17H21NO2/c1-3-20-16(19)17(2,10-11-18)15-9-8-13-6-4-5-7-14(13)12-15/h4-9,12H,3,10-11,18H2,1-2H3. The average molecular weight is 271 g/mol. The van der Waals surface area contributed by atoms with Gasteiger partial charge in [0.05, 0.1) is 12.0 Å². The van der Waals surface area contributed by atoms with E-state index < -0.39 is 5.41 Å². The van der Waals surface area contributed by atoms with Gasteiger partial charge in [0.25, 0.3) is 0 Å². The summed E-state index contributed by atoms with van der Waals surface area (Å²) in [5, 5.41) is 2.28. The quantitative estimate of drug-likeness (QED) is 0.850. The molecule has 2 aromatic carbocycles. The first kappa shape index (κ1) is 14.5. The van der Waals surface area contributed by atoms with E-state index in [9.17, 15) is 4.79 Å². The summed E-state index contributed by atoms with van der Waals surface area (Å²) in [6, 6.07) is 14.2. The molecule has 2 rings (SSSR count). The molecule has 1 unspecified atom stereocenters. The molecule has 0 saturated heterocycles. The van der Waals surface area contributed by atoms with Gasteiger partial charge in [0, 0.05) is 0 Å².